The zero-order valence-electron chi connectivity index (χ0n) is 16.8. The van der Waals surface area contributed by atoms with Gasteiger partial charge in [-0.15, -0.1) is 0 Å². The van der Waals surface area contributed by atoms with Crippen LogP contribution >= 0.6 is 15.9 Å². The van der Waals surface area contributed by atoms with Gasteiger partial charge in [0.2, 0.25) is 0 Å². The number of rotatable bonds is 9. The predicted molar refractivity (Wildman–Crippen MR) is 114 cm³/mol. The van der Waals surface area contributed by atoms with Crippen LogP contribution in [-0.2, 0) is 9.53 Å². The number of carbonyl (C=O) groups is 2. The number of halogens is 2. The van der Waals surface area contributed by atoms with E-state index in [1.807, 2.05) is 0 Å². The first-order valence-electron chi connectivity index (χ1n) is 9.17. The third-order valence-electron chi connectivity index (χ3n) is 3.73. The minimum Gasteiger partial charge on any atom is -0.490 e. The third kappa shape index (κ3) is 6.79. The predicted octanol–water partition coefficient (Wildman–Crippen LogP) is 3.56. The molecule has 0 spiro atoms. The van der Waals surface area contributed by atoms with Gasteiger partial charge in [-0.25, -0.2) is 14.6 Å². The van der Waals surface area contributed by atoms with E-state index in [9.17, 15) is 14.0 Å². The first-order chi connectivity index (χ1) is 14.9. The van der Waals surface area contributed by atoms with Gasteiger partial charge in [0.25, 0.3) is 5.91 Å². The fourth-order valence-electron chi connectivity index (χ4n) is 2.36. The van der Waals surface area contributed by atoms with Crippen molar-refractivity contribution >= 4 is 34.0 Å². The summed E-state index contributed by atoms with van der Waals surface area (Å²) < 4.78 is 30.3. The van der Waals surface area contributed by atoms with Crippen molar-refractivity contribution in [1.82, 2.24) is 5.43 Å². The van der Waals surface area contributed by atoms with Gasteiger partial charge in [-0.05, 0) is 60.1 Å². The number of hydrazone groups is 1. The SMILES string of the molecule is CCOC(=O)COc1cc(Br)c(/C=N\NC(=O)c2ccc(C#N)cc2F)cc1OCC. The summed E-state index contributed by atoms with van der Waals surface area (Å²) in [6, 6.07) is 8.50. The highest BCUT2D eigenvalue weighted by Gasteiger charge is 2.14. The van der Waals surface area contributed by atoms with Crippen LogP contribution in [0.1, 0.15) is 35.3 Å². The van der Waals surface area contributed by atoms with Crippen LogP contribution < -0.4 is 14.9 Å². The van der Waals surface area contributed by atoms with Crippen LogP contribution in [0.15, 0.2) is 39.9 Å². The van der Waals surface area contributed by atoms with E-state index < -0.39 is 17.7 Å². The molecule has 0 aliphatic carbocycles. The van der Waals surface area contributed by atoms with Crippen molar-refractivity contribution in [2.75, 3.05) is 19.8 Å². The van der Waals surface area contributed by atoms with E-state index in [0.717, 1.165) is 6.07 Å². The minimum absolute atomic E-state index is 0.107. The Morgan fingerprint density at radius 1 is 1.19 bits per heavy atom. The fraction of sp³-hybridized carbons (Fsp3) is 0.238. The van der Waals surface area contributed by atoms with E-state index in [1.165, 1.54) is 18.3 Å². The van der Waals surface area contributed by atoms with Gasteiger partial charge in [0.1, 0.15) is 5.82 Å². The Morgan fingerprint density at radius 3 is 2.58 bits per heavy atom. The molecule has 0 radical (unpaired) electrons. The Kier molecular flexibility index (Phi) is 8.96. The third-order valence-corrected chi connectivity index (χ3v) is 4.41. The zero-order chi connectivity index (χ0) is 22.8. The molecule has 162 valence electrons. The van der Waals surface area contributed by atoms with Crippen LogP contribution in [0.3, 0.4) is 0 Å². The summed E-state index contributed by atoms with van der Waals surface area (Å²) in [5, 5.41) is 12.6. The van der Waals surface area contributed by atoms with Crippen molar-refractivity contribution in [3.8, 4) is 17.6 Å². The van der Waals surface area contributed by atoms with Crippen molar-refractivity contribution in [3.05, 3.63) is 57.3 Å². The molecule has 1 amide bonds. The number of esters is 1. The van der Waals surface area contributed by atoms with Crippen LogP contribution in [0.2, 0.25) is 0 Å². The normalized spacial score (nSPS) is 10.4. The number of ether oxygens (including phenoxy) is 3. The molecule has 0 aromatic heterocycles. The molecule has 0 saturated carbocycles. The first kappa shape index (κ1) is 23.8. The Labute approximate surface area is 186 Å². The Morgan fingerprint density at radius 2 is 1.94 bits per heavy atom. The van der Waals surface area contributed by atoms with Gasteiger partial charge in [-0.3, -0.25) is 4.79 Å². The Hall–Kier alpha value is -3.45. The molecule has 2 aromatic rings. The fourth-order valence-corrected chi connectivity index (χ4v) is 2.78. The molecule has 0 atom stereocenters. The lowest BCUT2D eigenvalue weighted by Crippen LogP contribution is -2.19. The second-order valence-electron chi connectivity index (χ2n) is 5.85. The number of hydrogen-bond donors (Lipinski definition) is 1. The van der Waals surface area contributed by atoms with Crippen molar-refractivity contribution in [3.63, 3.8) is 0 Å². The zero-order valence-corrected chi connectivity index (χ0v) is 18.4. The molecule has 0 saturated heterocycles. The number of amides is 1. The quantitative estimate of drug-likeness (QED) is 0.326. The summed E-state index contributed by atoms with van der Waals surface area (Å²) in [6.45, 7) is 3.81. The summed E-state index contributed by atoms with van der Waals surface area (Å²) >= 11 is 3.36. The van der Waals surface area contributed by atoms with E-state index in [4.69, 9.17) is 19.5 Å². The standard InChI is InChI=1S/C21H19BrFN3O5/c1-3-29-18-8-14(16(22)9-19(18)31-12-20(27)30-4-2)11-25-26-21(28)15-6-5-13(10-24)7-17(15)23/h5-9,11H,3-4,12H2,1-2H3,(H,26,28)/b25-11-. The molecule has 31 heavy (non-hydrogen) atoms. The van der Waals surface area contributed by atoms with Crippen molar-refractivity contribution in [2.24, 2.45) is 5.10 Å². The summed E-state index contributed by atoms with van der Waals surface area (Å²) in [5.41, 5.74) is 2.63. The maximum absolute atomic E-state index is 13.9. The van der Waals surface area contributed by atoms with E-state index in [0.29, 0.717) is 28.1 Å². The number of nitrogens with one attached hydrogen (secondary N) is 1. The summed E-state index contributed by atoms with van der Waals surface area (Å²) in [6.07, 6.45) is 1.33. The van der Waals surface area contributed by atoms with E-state index in [-0.39, 0.29) is 24.3 Å². The Bertz CT molecular complexity index is 1040. The van der Waals surface area contributed by atoms with Gasteiger partial charge in [0.05, 0.1) is 36.6 Å². The largest absolute Gasteiger partial charge is 0.490 e. The molecule has 0 unspecified atom stereocenters. The van der Waals surface area contributed by atoms with Gasteiger partial charge in [-0.2, -0.15) is 10.4 Å². The molecule has 1 N–H and O–H groups in total. The monoisotopic (exact) mass is 491 g/mol. The van der Waals surface area contributed by atoms with Crippen LogP contribution in [0, 0.1) is 17.1 Å². The number of nitrogens with zero attached hydrogens (tertiary/aromatic N) is 2. The van der Waals surface area contributed by atoms with Gasteiger partial charge in [0.15, 0.2) is 18.1 Å². The minimum atomic E-state index is -0.824. The molecule has 0 heterocycles. The molecule has 2 aromatic carbocycles. The van der Waals surface area contributed by atoms with Crippen molar-refractivity contribution < 1.29 is 28.2 Å². The molecule has 10 heteroatoms. The Balaban J connectivity index is 2.14. The van der Waals surface area contributed by atoms with Gasteiger partial charge in [0, 0.05) is 10.0 Å². The number of benzene rings is 2. The molecule has 0 aliphatic heterocycles. The second kappa shape index (κ2) is 11.7. The maximum atomic E-state index is 13.9. The molecule has 8 nitrogen and oxygen atoms in total. The van der Waals surface area contributed by atoms with Crippen molar-refractivity contribution in [2.45, 2.75) is 13.8 Å². The molecule has 2 rings (SSSR count). The molecular formula is C21H19BrFN3O5. The number of hydrogen-bond acceptors (Lipinski definition) is 7. The second-order valence-corrected chi connectivity index (χ2v) is 6.71. The summed E-state index contributed by atoms with van der Waals surface area (Å²) in [7, 11) is 0. The lowest BCUT2D eigenvalue weighted by atomic mass is 10.1. The summed E-state index contributed by atoms with van der Waals surface area (Å²) in [4.78, 5) is 23.6. The van der Waals surface area contributed by atoms with E-state index >= 15 is 0 Å². The average Bonchev–Trinajstić information content (AvgIpc) is 2.74. The average molecular weight is 492 g/mol. The van der Waals surface area contributed by atoms with Crippen molar-refractivity contribution in [1.29, 1.82) is 5.26 Å². The van der Waals surface area contributed by atoms with Crippen LogP contribution in [-0.4, -0.2) is 37.9 Å². The van der Waals surface area contributed by atoms with Crippen LogP contribution in [0.4, 0.5) is 4.39 Å². The summed E-state index contributed by atoms with van der Waals surface area (Å²) in [5.74, 6) is -1.42. The van der Waals surface area contributed by atoms with E-state index in [1.54, 1.807) is 32.0 Å². The maximum Gasteiger partial charge on any atom is 0.344 e. The molecule has 0 fully saturated rings. The van der Waals surface area contributed by atoms with E-state index in [2.05, 4.69) is 26.5 Å². The lowest BCUT2D eigenvalue weighted by molar-refractivity contribution is -0.145. The van der Waals surface area contributed by atoms with Gasteiger partial charge in [-0.1, -0.05) is 0 Å². The van der Waals surface area contributed by atoms with Gasteiger partial charge >= 0.3 is 5.97 Å². The smallest absolute Gasteiger partial charge is 0.344 e. The first-order valence-corrected chi connectivity index (χ1v) is 9.96. The topological polar surface area (TPSA) is 110 Å². The highest BCUT2D eigenvalue weighted by Crippen LogP contribution is 2.33. The molecule has 0 aliphatic rings. The number of nitriles is 1. The number of carbonyl (C=O) groups excluding carboxylic acids is 2. The van der Waals surface area contributed by atoms with Crippen LogP contribution in [0.5, 0.6) is 11.5 Å². The molecular weight excluding hydrogens is 473 g/mol. The molecule has 0 bridgehead atoms. The highest BCUT2D eigenvalue weighted by atomic mass is 79.9. The van der Waals surface area contributed by atoms with Crippen LogP contribution in [0.25, 0.3) is 0 Å². The van der Waals surface area contributed by atoms with Gasteiger partial charge < -0.3 is 14.2 Å². The highest BCUT2D eigenvalue weighted by molar-refractivity contribution is 9.10. The lowest BCUT2D eigenvalue weighted by Gasteiger charge is -2.13.